The van der Waals surface area contributed by atoms with E-state index in [4.69, 9.17) is 5.73 Å². The van der Waals surface area contributed by atoms with Crippen molar-refractivity contribution in [2.45, 2.75) is 19.8 Å². The molecule has 1 rings (SSSR count). The Hall–Kier alpha value is -0.830. The third-order valence-electron chi connectivity index (χ3n) is 2.59. The predicted octanol–water partition coefficient (Wildman–Crippen LogP) is 0.760. The lowest BCUT2D eigenvalue weighted by atomic mass is 9.96. The molecular weight excluding hydrogens is 164 g/mol. The fraction of sp³-hybridized carbons (Fsp3) is 0.700. The summed E-state index contributed by atoms with van der Waals surface area (Å²) in [5.41, 5.74) is 5.24. The van der Waals surface area contributed by atoms with Crippen molar-refractivity contribution < 1.29 is 4.79 Å². The minimum atomic E-state index is -0.134. The minimum Gasteiger partial charge on any atom is -0.369 e. The molecule has 3 nitrogen and oxygen atoms in total. The highest BCUT2D eigenvalue weighted by molar-refractivity contribution is 5.76. The van der Waals surface area contributed by atoms with E-state index < -0.39 is 0 Å². The summed E-state index contributed by atoms with van der Waals surface area (Å²) in [5.74, 6) is -0.0208. The first-order valence-electron chi connectivity index (χ1n) is 4.87. The SMILES string of the molecule is C/C=C/CN1CCC(C(N)=O)CC1. The normalized spacial score (nSPS) is 21.0. The Morgan fingerprint density at radius 2 is 2.15 bits per heavy atom. The number of piperidine rings is 1. The number of hydrogen-bond donors (Lipinski definition) is 1. The number of likely N-dealkylation sites (tertiary alicyclic amines) is 1. The summed E-state index contributed by atoms with van der Waals surface area (Å²) in [4.78, 5) is 13.2. The van der Waals surface area contributed by atoms with Gasteiger partial charge in [0.1, 0.15) is 0 Å². The van der Waals surface area contributed by atoms with E-state index in [1.807, 2.05) is 6.92 Å². The molecule has 1 fully saturated rings. The van der Waals surface area contributed by atoms with Crippen LogP contribution in [0.3, 0.4) is 0 Å². The maximum atomic E-state index is 10.9. The largest absolute Gasteiger partial charge is 0.369 e. The Bertz CT molecular complexity index is 193. The van der Waals surface area contributed by atoms with Gasteiger partial charge in [0.15, 0.2) is 0 Å². The summed E-state index contributed by atoms with van der Waals surface area (Å²) in [7, 11) is 0. The number of carbonyl (C=O) groups excluding carboxylic acids is 1. The fourth-order valence-electron chi connectivity index (χ4n) is 1.65. The van der Waals surface area contributed by atoms with E-state index in [1.54, 1.807) is 0 Å². The van der Waals surface area contributed by atoms with Crippen LogP contribution in [0.4, 0.5) is 0 Å². The van der Waals surface area contributed by atoms with Crippen LogP contribution in [-0.4, -0.2) is 30.4 Å². The molecule has 0 aliphatic carbocycles. The number of carbonyl (C=O) groups is 1. The molecule has 0 bridgehead atoms. The molecule has 1 saturated heterocycles. The number of nitrogens with two attached hydrogens (primary N) is 1. The van der Waals surface area contributed by atoms with Crippen LogP contribution >= 0.6 is 0 Å². The van der Waals surface area contributed by atoms with Crippen molar-refractivity contribution >= 4 is 5.91 Å². The molecule has 0 radical (unpaired) electrons. The first kappa shape index (κ1) is 10.3. The average Bonchev–Trinajstić information content (AvgIpc) is 2.15. The van der Waals surface area contributed by atoms with Gasteiger partial charge in [-0.3, -0.25) is 9.69 Å². The summed E-state index contributed by atoms with van der Waals surface area (Å²) < 4.78 is 0. The summed E-state index contributed by atoms with van der Waals surface area (Å²) in [6.45, 7) is 5.02. The molecule has 13 heavy (non-hydrogen) atoms. The molecule has 2 N–H and O–H groups in total. The Morgan fingerprint density at radius 1 is 1.54 bits per heavy atom. The van der Waals surface area contributed by atoms with Crippen LogP contribution in [0.25, 0.3) is 0 Å². The van der Waals surface area contributed by atoms with Gasteiger partial charge in [-0.25, -0.2) is 0 Å². The molecule has 0 atom stereocenters. The van der Waals surface area contributed by atoms with E-state index in [1.165, 1.54) is 0 Å². The monoisotopic (exact) mass is 182 g/mol. The Labute approximate surface area is 79.6 Å². The maximum Gasteiger partial charge on any atom is 0.220 e. The van der Waals surface area contributed by atoms with Gasteiger partial charge in [-0.15, -0.1) is 0 Å². The van der Waals surface area contributed by atoms with Crippen molar-refractivity contribution in [3.8, 4) is 0 Å². The first-order valence-corrected chi connectivity index (χ1v) is 4.87. The molecule has 1 aliphatic rings. The number of amides is 1. The number of nitrogens with zero attached hydrogens (tertiary/aromatic N) is 1. The Kier molecular flexibility index (Phi) is 3.96. The fourth-order valence-corrected chi connectivity index (χ4v) is 1.65. The molecule has 0 saturated carbocycles. The van der Waals surface area contributed by atoms with Gasteiger partial charge in [0.25, 0.3) is 0 Å². The number of rotatable bonds is 3. The predicted molar refractivity (Wildman–Crippen MR) is 53.2 cm³/mol. The first-order chi connectivity index (χ1) is 6.24. The van der Waals surface area contributed by atoms with E-state index in [0.29, 0.717) is 0 Å². The van der Waals surface area contributed by atoms with E-state index in [-0.39, 0.29) is 11.8 Å². The summed E-state index contributed by atoms with van der Waals surface area (Å²) >= 11 is 0. The third-order valence-corrected chi connectivity index (χ3v) is 2.59. The zero-order chi connectivity index (χ0) is 9.68. The molecule has 0 aromatic heterocycles. The van der Waals surface area contributed by atoms with Gasteiger partial charge in [-0.05, 0) is 32.9 Å². The summed E-state index contributed by atoms with van der Waals surface area (Å²) in [6.07, 6.45) is 6.05. The molecule has 74 valence electrons. The maximum absolute atomic E-state index is 10.9. The zero-order valence-electron chi connectivity index (χ0n) is 8.20. The van der Waals surface area contributed by atoms with Gasteiger partial charge in [0, 0.05) is 12.5 Å². The number of primary amides is 1. The molecule has 0 aromatic rings. The van der Waals surface area contributed by atoms with Gasteiger partial charge in [0.05, 0.1) is 0 Å². The van der Waals surface area contributed by atoms with Crippen LogP contribution in [0, 0.1) is 5.92 Å². The van der Waals surface area contributed by atoms with Gasteiger partial charge in [-0.1, -0.05) is 12.2 Å². The van der Waals surface area contributed by atoms with Crippen LogP contribution in [-0.2, 0) is 4.79 Å². The van der Waals surface area contributed by atoms with Crippen molar-refractivity contribution in [1.29, 1.82) is 0 Å². The zero-order valence-corrected chi connectivity index (χ0v) is 8.20. The van der Waals surface area contributed by atoms with Crippen molar-refractivity contribution in [1.82, 2.24) is 4.90 Å². The van der Waals surface area contributed by atoms with Gasteiger partial charge in [-0.2, -0.15) is 0 Å². The summed E-state index contributed by atoms with van der Waals surface area (Å²) in [6, 6.07) is 0. The van der Waals surface area contributed by atoms with Gasteiger partial charge >= 0.3 is 0 Å². The highest BCUT2D eigenvalue weighted by atomic mass is 16.1. The molecule has 1 heterocycles. The molecule has 0 spiro atoms. The van der Waals surface area contributed by atoms with E-state index in [2.05, 4.69) is 17.1 Å². The smallest absolute Gasteiger partial charge is 0.220 e. The molecule has 1 aliphatic heterocycles. The topological polar surface area (TPSA) is 46.3 Å². The van der Waals surface area contributed by atoms with Crippen molar-refractivity contribution in [2.24, 2.45) is 11.7 Å². The van der Waals surface area contributed by atoms with E-state index in [0.717, 1.165) is 32.5 Å². The average molecular weight is 182 g/mol. The number of hydrogen-bond acceptors (Lipinski definition) is 2. The summed E-state index contributed by atoms with van der Waals surface area (Å²) in [5, 5.41) is 0. The minimum absolute atomic E-state index is 0.113. The lowest BCUT2D eigenvalue weighted by molar-refractivity contribution is -0.123. The van der Waals surface area contributed by atoms with Crippen LogP contribution < -0.4 is 5.73 Å². The third kappa shape index (κ3) is 3.19. The molecule has 0 unspecified atom stereocenters. The molecule has 0 aromatic carbocycles. The number of allylic oxidation sites excluding steroid dienone is 1. The van der Waals surface area contributed by atoms with Crippen molar-refractivity contribution in [3.05, 3.63) is 12.2 Å². The molecule has 1 amide bonds. The van der Waals surface area contributed by atoms with E-state index >= 15 is 0 Å². The second kappa shape index (κ2) is 5.02. The van der Waals surface area contributed by atoms with Crippen molar-refractivity contribution in [3.63, 3.8) is 0 Å². The van der Waals surface area contributed by atoms with Crippen LogP contribution in [0.2, 0.25) is 0 Å². The van der Waals surface area contributed by atoms with Crippen LogP contribution in [0.15, 0.2) is 12.2 Å². The van der Waals surface area contributed by atoms with Gasteiger partial charge in [0.2, 0.25) is 5.91 Å². The standard InChI is InChI=1S/C10H18N2O/c1-2-3-6-12-7-4-9(5-8-12)10(11)13/h2-3,9H,4-8H2,1H3,(H2,11,13)/b3-2+. The van der Waals surface area contributed by atoms with Crippen molar-refractivity contribution in [2.75, 3.05) is 19.6 Å². The lowest BCUT2D eigenvalue weighted by Crippen LogP contribution is -2.38. The van der Waals surface area contributed by atoms with Crippen LogP contribution in [0.1, 0.15) is 19.8 Å². The molecule has 3 heteroatoms. The second-order valence-electron chi connectivity index (χ2n) is 3.55. The Morgan fingerprint density at radius 3 is 2.62 bits per heavy atom. The van der Waals surface area contributed by atoms with E-state index in [9.17, 15) is 4.79 Å². The van der Waals surface area contributed by atoms with Crippen LogP contribution in [0.5, 0.6) is 0 Å². The lowest BCUT2D eigenvalue weighted by Gasteiger charge is -2.29. The Balaban J connectivity index is 2.26. The highest BCUT2D eigenvalue weighted by Crippen LogP contribution is 2.15. The molecular formula is C10H18N2O. The quantitative estimate of drug-likeness (QED) is 0.655. The second-order valence-corrected chi connectivity index (χ2v) is 3.55. The van der Waals surface area contributed by atoms with Gasteiger partial charge < -0.3 is 5.73 Å². The highest BCUT2D eigenvalue weighted by Gasteiger charge is 2.21.